The molecule has 0 radical (unpaired) electrons. The van der Waals surface area contributed by atoms with E-state index in [1.165, 1.54) is 11.1 Å². The molecule has 0 saturated carbocycles. The zero-order valence-corrected chi connectivity index (χ0v) is 10.6. The zero-order valence-electron chi connectivity index (χ0n) is 9.78. The second-order valence-corrected chi connectivity index (χ2v) is 4.71. The van der Waals surface area contributed by atoms with Crippen LogP contribution >= 0.6 is 11.5 Å². The molecule has 18 heavy (non-hydrogen) atoms. The largest absolute Gasteiger partial charge is 0.481 e. The first kappa shape index (κ1) is 12.9. The highest BCUT2D eigenvalue weighted by Crippen LogP contribution is 2.22. The maximum atomic E-state index is 12.2. The summed E-state index contributed by atoms with van der Waals surface area (Å²) < 4.78 is 8.82. The third kappa shape index (κ3) is 2.34. The lowest BCUT2D eigenvalue weighted by atomic mass is 10.0. The van der Waals surface area contributed by atoms with Crippen molar-refractivity contribution in [3.05, 3.63) is 11.1 Å². The van der Waals surface area contributed by atoms with E-state index in [0.29, 0.717) is 11.4 Å². The summed E-state index contributed by atoms with van der Waals surface area (Å²) in [4.78, 5) is 25.2. The third-order valence-corrected chi connectivity index (χ3v) is 3.59. The molecule has 0 aliphatic carbocycles. The Morgan fingerprint density at radius 3 is 2.94 bits per heavy atom. The lowest BCUT2D eigenvalue weighted by molar-refractivity contribution is -0.142. The second kappa shape index (κ2) is 5.40. The van der Waals surface area contributed by atoms with Crippen molar-refractivity contribution in [3.63, 3.8) is 0 Å². The molecule has 2 atom stereocenters. The molecule has 1 aliphatic heterocycles. The van der Waals surface area contributed by atoms with Crippen LogP contribution in [0.15, 0.2) is 6.20 Å². The molecule has 8 heteroatoms. The van der Waals surface area contributed by atoms with Crippen molar-refractivity contribution in [2.45, 2.75) is 13.0 Å². The van der Waals surface area contributed by atoms with Gasteiger partial charge in [-0.25, -0.2) is 0 Å². The number of carboxylic acid groups (broad SMARTS) is 1. The van der Waals surface area contributed by atoms with Crippen LogP contribution in [0.3, 0.4) is 0 Å². The van der Waals surface area contributed by atoms with Gasteiger partial charge in [0.15, 0.2) is 0 Å². The maximum absolute atomic E-state index is 12.2. The molecule has 1 N–H and O–H groups in total. The number of amides is 1. The van der Waals surface area contributed by atoms with E-state index >= 15 is 0 Å². The number of carbonyl (C=O) groups is 2. The molecule has 98 valence electrons. The fourth-order valence-electron chi connectivity index (χ4n) is 2.02. The molecule has 0 spiro atoms. The summed E-state index contributed by atoms with van der Waals surface area (Å²) in [7, 11) is 0. The number of likely N-dealkylation sites (N-methyl/N-ethyl adjacent to an activating group) is 1. The van der Waals surface area contributed by atoms with E-state index in [0.717, 1.165) is 11.5 Å². The Hall–Kier alpha value is -1.54. The van der Waals surface area contributed by atoms with Crippen LogP contribution in [0.25, 0.3) is 0 Å². The summed E-state index contributed by atoms with van der Waals surface area (Å²) in [6.45, 7) is 2.63. The molecule has 2 unspecified atom stereocenters. The summed E-state index contributed by atoms with van der Waals surface area (Å²) in [6.07, 6.45) is 1.39. The molecule has 7 nitrogen and oxygen atoms in total. The number of aliphatic carboxylic acids is 1. The highest BCUT2D eigenvalue weighted by molar-refractivity contribution is 7.07. The van der Waals surface area contributed by atoms with Crippen LogP contribution in [0.4, 0.5) is 0 Å². The molecule has 1 aliphatic rings. The Morgan fingerprint density at radius 1 is 1.61 bits per heavy atom. The van der Waals surface area contributed by atoms with Crippen LogP contribution in [0, 0.1) is 5.92 Å². The topological polar surface area (TPSA) is 92.6 Å². The standard InChI is InChI=1S/C10H13N3O4S/c1-2-13(9(14)8-3-11-12-18-8)7-5-17-4-6(7)10(15)16/h3,6-7H,2,4-5H2,1H3,(H,15,16). The van der Waals surface area contributed by atoms with Gasteiger partial charge in [0.2, 0.25) is 0 Å². The van der Waals surface area contributed by atoms with Gasteiger partial charge in [-0.1, -0.05) is 4.49 Å². The van der Waals surface area contributed by atoms with Gasteiger partial charge in [0, 0.05) is 6.54 Å². The van der Waals surface area contributed by atoms with E-state index in [4.69, 9.17) is 9.84 Å². The minimum Gasteiger partial charge on any atom is -0.481 e. The fraction of sp³-hybridized carbons (Fsp3) is 0.600. The zero-order chi connectivity index (χ0) is 13.1. The van der Waals surface area contributed by atoms with Gasteiger partial charge >= 0.3 is 5.97 Å². The first-order chi connectivity index (χ1) is 8.65. The van der Waals surface area contributed by atoms with E-state index in [-0.39, 0.29) is 19.1 Å². The van der Waals surface area contributed by atoms with Gasteiger partial charge in [0.25, 0.3) is 5.91 Å². The SMILES string of the molecule is CCN(C(=O)c1cnns1)C1COCC1C(=O)O. The first-order valence-corrected chi connectivity index (χ1v) is 6.31. The average Bonchev–Trinajstić information content (AvgIpc) is 3.00. The number of nitrogens with zero attached hydrogens (tertiary/aromatic N) is 3. The molecule has 1 aromatic rings. The molecular formula is C10H13N3O4S. The first-order valence-electron chi connectivity index (χ1n) is 5.54. The minimum atomic E-state index is -0.939. The van der Waals surface area contributed by atoms with Crippen LogP contribution in [0.2, 0.25) is 0 Å². The Labute approximate surface area is 108 Å². The van der Waals surface area contributed by atoms with Crippen molar-refractivity contribution in [1.82, 2.24) is 14.5 Å². The number of carbonyl (C=O) groups excluding carboxylic acids is 1. The lowest BCUT2D eigenvalue weighted by Gasteiger charge is -2.28. The predicted molar refractivity (Wildman–Crippen MR) is 62.4 cm³/mol. The van der Waals surface area contributed by atoms with E-state index in [2.05, 4.69) is 9.59 Å². The summed E-state index contributed by atoms with van der Waals surface area (Å²) in [5.41, 5.74) is 0. The van der Waals surface area contributed by atoms with Crippen molar-refractivity contribution in [1.29, 1.82) is 0 Å². The van der Waals surface area contributed by atoms with Gasteiger partial charge in [0.1, 0.15) is 10.8 Å². The molecule has 0 aromatic carbocycles. The van der Waals surface area contributed by atoms with Crippen LogP contribution in [-0.4, -0.2) is 57.3 Å². The van der Waals surface area contributed by atoms with E-state index < -0.39 is 17.9 Å². The van der Waals surface area contributed by atoms with Gasteiger partial charge in [-0.2, -0.15) is 0 Å². The number of hydrogen-bond donors (Lipinski definition) is 1. The van der Waals surface area contributed by atoms with Crippen molar-refractivity contribution < 1.29 is 19.4 Å². The van der Waals surface area contributed by atoms with E-state index in [1.54, 1.807) is 0 Å². The smallest absolute Gasteiger partial charge is 0.311 e. The average molecular weight is 271 g/mol. The molecule has 2 heterocycles. The number of ether oxygens (including phenoxy) is 1. The number of aromatic nitrogens is 2. The van der Waals surface area contributed by atoms with Crippen LogP contribution in [0.5, 0.6) is 0 Å². The molecular weight excluding hydrogens is 258 g/mol. The lowest BCUT2D eigenvalue weighted by Crippen LogP contribution is -2.46. The van der Waals surface area contributed by atoms with Crippen molar-refractivity contribution >= 4 is 23.4 Å². The van der Waals surface area contributed by atoms with Crippen molar-refractivity contribution in [2.75, 3.05) is 19.8 Å². The maximum Gasteiger partial charge on any atom is 0.311 e. The van der Waals surface area contributed by atoms with Crippen LogP contribution in [0.1, 0.15) is 16.6 Å². The molecule has 2 rings (SSSR count). The highest BCUT2D eigenvalue weighted by atomic mass is 32.1. The Morgan fingerprint density at radius 2 is 2.39 bits per heavy atom. The molecule has 1 aromatic heterocycles. The van der Waals surface area contributed by atoms with Gasteiger partial charge in [0.05, 0.1) is 25.5 Å². The molecule has 0 bridgehead atoms. The quantitative estimate of drug-likeness (QED) is 0.835. The molecule has 1 saturated heterocycles. The van der Waals surface area contributed by atoms with Gasteiger partial charge in [-0.15, -0.1) is 5.10 Å². The van der Waals surface area contributed by atoms with E-state index in [9.17, 15) is 9.59 Å². The summed E-state index contributed by atoms with van der Waals surface area (Å²) >= 11 is 1.00. The monoisotopic (exact) mass is 271 g/mol. The van der Waals surface area contributed by atoms with Gasteiger partial charge < -0.3 is 14.7 Å². The summed E-state index contributed by atoms with van der Waals surface area (Å²) in [6, 6.07) is -0.429. The van der Waals surface area contributed by atoms with E-state index in [1.807, 2.05) is 6.92 Å². The fourth-order valence-corrected chi connectivity index (χ4v) is 2.49. The normalized spacial score (nSPS) is 22.9. The number of hydrogen-bond acceptors (Lipinski definition) is 6. The Balaban J connectivity index is 2.18. The third-order valence-electron chi connectivity index (χ3n) is 2.94. The Bertz CT molecular complexity index is 436. The molecule has 1 amide bonds. The Kier molecular flexibility index (Phi) is 3.87. The van der Waals surface area contributed by atoms with Crippen molar-refractivity contribution in [3.8, 4) is 0 Å². The summed E-state index contributed by atoms with van der Waals surface area (Å²) in [5, 5.41) is 12.7. The number of carboxylic acids is 1. The predicted octanol–water partition coefficient (Wildman–Crippen LogP) is 0.0998. The minimum absolute atomic E-state index is 0.144. The van der Waals surface area contributed by atoms with Crippen molar-refractivity contribution in [2.24, 2.45) is 5.92 Å². The number of rotatable bonds is 4. The van der Waals surface area contributed by atoms with Crippen LogP contribution in [-0.2, 0) is 9.53 Å². The molecule has 1 fully saturated rings. The van der Waals surface area contributed by atoms with Crippen LogP contribution < -0.4 is 0 Å². The second-order valence-electron chi connectivity index (χ2n) is 3.92. The highest BCUT2D eigenvalue weighted by Gasteiger charge is 2.39. The van der Waals surface area contributed by atoms with Gasteiger partial charge in [-0.3, -0.25) is 9.59 Å². The van der Waals surface area contributed by atoms with Gasteiger partial charge in [-0.05, 0) is 18.5 Å². The summed E-state index contributed by atoms with van der Waals surface area (Å²) in [5.74, 6) is -1.85.